The maximum Gasteiger partial charge on any atom is 0.230 e. The third-order valence-corrected chi connectivity index (χ3v) is 5.02. The monoisotopic (exact) mass is 267 g/mol. The van der Waals surface area contributed by atoms with Gasteiger partial charge in [-0.2, -0.15) is 0 Å². The Balaban J connectivity index is 1.89. The highest BCUT2D eigenvalue weighted by Gasteiger charge is 2.45. The SMILES string of the molecule is CC(C)C1(C(=O)N(C)CCN2CCCC2)CCNC1. The van der Waals surface area contributed by atoms with Crippen LogP contribution in [0.25, 0.3) is 0 Å². The molecule has 2 aliphatic rings. The lowest BCUT2D eigenvalue weighted by molar-refractivity contribution is -0.142. The number of carbonyl (C=O) groups excluding carboxylic acids is 1. The number of nitrogens with zero attached hydrogens (tertiary/aromatic N) is 2. The minimum Gasteiger partial charge on any atom is -0.344 e. The summed E-state index contributed by atoms with van der Waals surface area (Å²) < 4.78 is 0. The minimum absolute atomic E-state index is 0.167. The van der Waals surface area contributed by atoms with Crippen LogP contribution in [0.5, 0.6) is 0 Å². The van der Waals surface area contributed by atoms with Gasteiger partial charge in [-0.3, -0.25) is 4.79 Å². The average Bonchev–Trinajstić information content (AvgIpc) is 3.06. The Kier molecular flexibility index (Phi) is 4.85. The maximum absolute atomic E-state index is 12.8. The Hall–Kier alpha value is -0.610. The second-order valence-corrected chi connectivity index (χ2v) is 6.51. The zero-order valence-corrected chi connectivity index (χ0v) is 12.7. The number of likely N-dealkylation sites (tertiary alicyclic amines) is 1. The fraction of sp³-hybridized carbons (Fsp3) is 0.933. The van der Waals surface area contributed by atoms with Gasteiger partial charge in [-0.05, 0) is 44.8 Å². The molecule has 110 valence electrons. The van der Waals surface area contributed by atoms with E-state index in [4.69, 9.17) is 0 Å². The van der Waals surface area contributed by atoms with Crippen molar-refractivity contribution in [2.75, 3.05) is 46.3 Å². The van der Waals surface area contributed by atoms with Crippen LogP contribution < -0.4 is 5.32 Å². The van der Waals surface area contributed by atoms with Gasteiger partial charge in [-0.15, -0.1) is 0 Å². The highest BCUT2D eigenvalue weighted by atomic mass is 16.2. The standard InChI is InChI=1S/C15H29N3O/c1-13(2)15(6-7-16-12-15)14(19)17(3)10-11-18-8-4-5-9-18/h13,16H,4-12H2,1-3H3. The summed E-state index contributed by atoms with van der Waals surface area (Å²) in [6, 6.07) is 0. The molecule has 19 heavy (non-hydrogen) atoms. The topological polar surface area (TPSA) is 35.6 Å². The van der Waals surface area contributed by atoms with E-state index in [1.807, 2.05) is 11.9 Å². The van der Waals surface area contributed by atoms with E-state index >= 15 is 0 Å². The quantitative estimate of drug-likeness (QED) is 0.812. The van der Waals surface area contributed by atoms with Crippen molar-refractivity contribution < 1.29 is 4.79 Å². The van der Waals surface area contributed by atoms with E-state index in [2.05, 4.69) is 24.1 Å². The van der Waals surface area contributed by atoms with Crippen LogP contribution in [0.15, 0.2) is 0 Å². The summed E-state index contributed by atoms with van der Waals surface area (Å²) in [4.78, 5) is 17.2. The largest absolute Gasteiger partial charge is 0.344 e. The predicted molar refractivity (Wildman–Crippen MR) is 78.1 cm³/mol. The van der Waals surface area contributed by atoms with Gasteiger partial charge < -0.3 is 15.1 Å². The summed E-state index contributed by atoms with van der Waals surface area (Å²) in [5, 5.41) is 3.37. The molecule has 1 N–H and O–H groups in total. The van der Waals surface area contributed by atoms with Gasteiger partial charge in [0.1, 0.15) is 0 Å². The fourth-order valence-electron chi connectivity index (χ4n) is 3.41. The minimum atomic E-state index is -0.167. The van der Waals surface area contributed by atoms with Gasteiger partial charge in [0, 0.05) is 26.7 Å². The molecular weight excluding hydrogens is 238 g/mol. The van der Waals surface area contributed by atoms with E-state index in [1.165, 1.54) is 25.9 Å². The normalized spacial score (nSPS) is 28.2. The molecule has 0 saturated carbocycles. The molecule has 0 spiro atoms. The number of amides is 1. The van der Waals surface area contributed by atoms with E-state index in [9.17, 15) is 4.79 Å². The van der Waals surface area contributed by atoms with Crippen molar-refractivity contribution in [2.45, 2.75) is 33.1 Å². The van der Waals surface area contributed by atoms with Crippen LogP contribution in [0.1, 0.15) is 33.1 Å². The molecule has 2 heterocycles. The van der Waals surface area contributed by atoms with Crippen molar-refractivity contribution >= 4 is 5.91 Å². The summed E-state index contributed by atoms with van der Waals surface area (Å²) in [6.07, 6.45) is 3.62. The van der Waals surface area contributed by atoms with Crippen molar-refractivity contribution in [1.82, 2.24) is 15.1 Å². The summed E-state index contributed by atoms with van der Waals surface area (Å²) in [7, 11) is 1.97. The van der Waals surface area contributed by atoms with Crippen LogP contribution in [-0.4, -0.2) is 62.0 Å². The number of hydrogen-bond acceptors (Lipinski definition) is 3. The molecule has 1 atom stereocenters. The van der Waals surface area contributed by atoms with Gasteiger partial charge >= 0.3 is 0 Å². The molecule has 2 aliphatic heterocycles. The molecule has 0 bridgehead atoms. The molecule has 0 aromatic heterocycles. The molecule has 2 rings (SSSR count). The molecule has 0 aromatic carbocycles. The van der Waals surface area contributed by atoms with Crippen molar-refractivity contribution in [1.29, 1.82) is 0 Å². The number of rotatable bonds is 5. The lowest BCUT2D eigenvalue weighted by Gasteiger charge is -2.35. The third kappa shape index (κ3) is 3.11. The zero-order valence-electron chi connectivity index (χ0n) is 12.7. The number of carbonyl (C=O) groups is 1. The first-order chi connectivity index (χ1) is 9.06. The molecule has 2 fully saturated rings. The highest BCUT2D eigenvalue weighted by molar-refractivity contribution is 5.83. The maximum atomic E-state index is 12.8. The molecule has 4 nitrogen and oxygen atoms in total. The Morgan fingerprint density at radius 2 is 2.05 bits per heavy atom. The molecule has 0 radical (unpaired) electrons. The smallest absolute Gasteiger partial charge is 0.230 e. The van der Waals surface area contributed by atoms with E-state index in [0.29, 0.717) is 11.8 Å². The lowest BCUT2D eigenvalue weighted by atomic mass is 9.75. The Bertz CT molecular complexity index is 305. The van der Waals surface area contributed by atoms with Gasteiger partial charge in [-0.25, -0.2) is 0 Å². The second-order valence-electron chi connectivity index (χ2n) is 6.51. The molecule has 0 aliphatic carbocycles. The molecule has 1 unspecified atom stereocenters. The van der Waals surface area contributed by atoms with Crippen LogP contribution in [-0.2, 0) is 4.79 Å². The lowest BCUT2D eigenvalue weighted by Crippen LogP contribution is -2.48. The van der Waals surface area contributed by atoms with Crippen molar-refractivity contribution in [3.05, 3.63) is 0 Å². The van der Waals surface area contributed by atoms with Crippen molar-refractivity contribution in [3.63, 3.8) is 0 Å². The fourth-order valence-corrected chi connectivity index (χ4v) is 3.41. The summed E-state index contributed by atoms with van der Waals surface area (Å²) in [5.74, 6) is 0.746. The molecule has 1 amide bonds. The van der Waals surface area contributed by atoms with Crippen molar-refractivity contribution in [3.8, 4) is 0 Å². The van der Waals surface area contributed by atoms with Gasteiger partial charge in [-0.1, -0.05) is 13.8 Å². The average molecular weight is 267 g/mol. The summed E-state index contributed by atoms with van der Waals surface area (Å²) in [6.45, 7) is 10.5. The first kappa shape index (κ1) is 14.8. The number of hydrogen-bond donors (Lipinski definition) is 1. The first-order valence-corrected chi connectivity index (χ1v) is 7.75. The summed E-state index contributed by atoms with van der Waals surface area (Å²) >= 11 is 0. The first-order valence-electron chi connectivity index (χ1n) is 7.75. The second kappa shape index (κ2) is 6.23. The van der Waals surface area contributed by atoms with E-state index in [0.717, 1.165) is 32.6 Å². The molecule has 0 aromatic rings. The van der Waals surface area contributed by atoms with Crippen LogP contribution in [0.3, 0.4) is 0 Å². The third-order valence-electron chi connectivity index (χ3n) is 5.02. The van der Waals surface area contributed by atoms with Crippen LogP contribution in [0.4, 0.5) is 0 Å². The Morgan fingerprint density at radius 3 is 2.58 bits per heavy atom. The predicted octanol–water partition coefficient (Wildman–Crippen LogP) is 1.18. The molecule has 2 saturated heterocycles. The van der Waals surface area contributed by atoms with E-state index in [1.54, 1.807) is 0 Å². The Labute approximate surface area is 117 Å². The molecular formula is C15H29N3O. The Morgan fingerprint density at radius 1 is 1.37 bits per heavy atom. The van der Waals surface area contributed by atoms with E-state index < -0.39 is 0 Å². The van der Waals surface area contributed by atoms with Crippen LogP contribution >= 0.6 is 0 Å². The molecule has 4 heteroatoms. The van der Waals surface area contributed by atoms with E-state index in [-0.39, 0.29) is 5.41 Å². The van der Waals surface area contributed by atoms with Crippen LogP contribution in [0, 0.1) is 11.3 Å². The highest BCUT2D eigenvalue weighted by Crippen LogP contribution is 2.35. The van der Waals surface area contributed by atoms with Crippen molar-refractivity contribution in [2.24, 2.45) is 11.3 Å². The van der Waals surface area contributed by atoms with Gasteiger partial charge in [0.25, 0.3) is 0 Å². The van der Waals surface area contributed by atoms with Gasteiger partial charge in [0.15, 0.2) is 0 Å². The summed E-state index contributed by atoms with van der Waals surface area (Å²) in [5.41, 5.74) is -0.167. The van der Waals surface area contributed by atoms with Gasteiger partial charge in [0.2, 0.25) is 5.91 Å². The zero-order chi connectivity index (χ0) is 13.9. The number of nitrogens with one attached hydrogen (secondary N) is 1. The van der Waals surface area contributed by atoms with Gasteiger partial charge in [0.05, 0.1) is 5.41 Å². The van der Waals surface area contributed by atoms with Crippen LogP contribution in [0.2, 0.25) is 0 Å². The number of likely N-dealkylation sites (N-methyl/N-ethyl adjacent to an activating group) is 1.